The SMILES string of the molecule is CCNC(=O)[C@@H](Cc1ccccc1)N(Cc1ccccc1C)C(=O)CCCN(c1cc(C)ccc1C)S(C)(=O)=O. The first-order valence-electron chi connectivity index (χ1n) is 13.7. The van der Waals surface area contributed by atoms with E-state index in [2.05, 4.69) is 5.32 Å². The fourth-order valence-electron chi connectivity index (χ4n) is 4.79. The van der Waals surface area contributed by atoms with Gasteiger partial charge in [0.1, 0.15) is 6.04 Å². The molecule has 0 saturated heterocycles. The number of likely N-dealkylation sites (N-methyl/N-ethyl adjacent to an activating group) is 1. The summed E-state index contributed by atoms with van der Waals surface area (Å²) in [7, 11) is -3.56. The van der Waals surface area contributed by atoms with Crippen LogP contribution in [0.5, 0.6) is 0 Å². The van der Waals surface area contributed by atoms with Gasteiger partial charge in [-0.25, -0.2) is 8.42 Å². The molecule has 3 aromatic rings. The van der Waals surface area contributed by atoms with E-state index in [4.69, 9.17) is 0 Å². The van der Waals surface area contributed by atoms with Gasteiger partial charge in [0.15, 0.2) is 0 Å². The summed E-state index contributed by atoms with van der Waals surface area (Å²) in [5.41, 5.74) is 5.39. The van der Waals surface area contributed by atoms with Gasteiger partial charge in [-0.15, -0.1) is 0 Å². The standard InChI is InChI=1S/C32H41N3O4S/c1-6-33-32(37)30(22-27-14-8-7-9-15-27)34(23-28-16-11-10-13-25(28)3)31(36)17-12-20-35(40(5,38)39)29-21-24(2)18-19-26(29)4/h7-11,13-16,18-19,21,30H,6,12,17,20,22-23H2,1-5H3,(H,33,37)/t30-/m1/s1. The number of anilines is 1. The van der Waals surface area contributed by atoms with Crippen molar-refractivity contribution in [2.24, 2.45) is 0 Å². The molecule has 0 aliphatic carbocycles. The van der Waals surface area contributed by atoms with Crippen molar-refractivity contribution >= 4 is 27.5 Å². The van der Waals surface area contributed by atoms with Crippen molar-refractivity contribution in [2.45, 2.75) is 59.5 Å². The van der Waals surface area contributed by atoms with Gasteiger partial charge in [0.25, 0.3) is 0 Å². The summed E-state index contributed by atoms with van der Waals surface area (Å²) in [5.74, 6) is -0.397. The Morgan fingerprint density at radius 1 is 0.900 bits per heavy atom. The fourth-order valence-corrected chi connectivity index (χ4v) is 5.80. The molecule has 0 radical (unpaired) electrons. The average molecular weight is 564 g/mol. The zero-order valence-electron chi connectivity index (χ0n) is 24.2. The lowest BCUT2D eigenvalue weighted by Crippen LogP contribution is -2.50. The van der Waals surface area contributed by atoms with Gasteiger partial charge >= 0.3 is 0 Å². The quantitative estimate of drug-likeness (QED) is 0.319. The first-order valence-corrected chi connectivity index (χ1v) is 15.6. The van der Waals surface area contributed by atoms with Crippen molar-refractivity contribution in [3.05, 3.63) is 101 Å². The molecular formula is C32H41N3O4S. The summed E-state index contributed by atoms with van der Waals surface area (Å²) in [6, 6.07) is 22.5. The highest BCUT2D eigenvalue weighted by atomic mass is 32.2. The second-order valence-corrected chi connectivity index (χ2v) is 12.2. The molecule has 0 saturated carbocycles. The van der Waals surface area contributed by atoms with Crippen LogP contribution in [-0.4, -0.2) is 50.5 Å². The molecule has 1 atom stereocenters. The maximum Gasteiger partial charge on any atom is 0.243 e. The summed E-state index contributed by atoms with van der Waals surface area (Å²) in [6.45, 7) is 8.55. The molecule has 0 unspecified atom stereocenters. The number of rotatable bonds is 13. The molecule has 0 aromatic heterocycles. The molecule has 40 heavy (non-hydrogen) atoms. The Hall–Kier alpha value is -3.65. The van der Waals surface area contributed by atoms with Crippen LogP contribution < -0.4 is 9.62 Å². The lowest BCUT2D eigenvalue weighted by Gasteiger charge is -2.32. The number of aryl methyl sites for hydroxylation is 3. The van der Waals surface area contributed by atoms with E-state index in [-0.39, 0.29) is 31.3 Å². The number of carbonyl (C=O) groups excluding carboxylic acids is 2. The topological polar surface area (TPSA) is 86.8 Å². The molecule has 1 N–H and O–H groups in total. The smallest absolute Gasteiger partial charge is 0.243 e. The molecule has 0 aliphatic heterocycles. The van der Waals surface area contributed by atoms with Gasteiger partial charge in [0, 0.05) is 32.5 Å². The van der Waals surface area contributed by atoms with Crippen LogP contribution in [0.1, 0.15) is 47.6 Å². The van der Waals surface area contributed by atoms with Crippen molar-refractivity contribution in [1.82, 2.24) is 10.2 Å². The van der Waals surface area contributed by atoms with Crippen LogP contribution >= 0.6 is 0 Å². The van der Waals surface area contributed by atoms with E-state index in [1.807, 2.05) is 100 Å². The molecule has 0 bridgehead atoms. The number of hydrogen-bond donors (Lipinski definition) is 1. The van der Waals surface area contributed by atoms with E-state index in [1.165, 1.54) is 10.6 Å². The van der Waals surface area contributed by atoms with Crippen molar-refractivity contribution in [3.63, 3.8) is 0 Å². The van der Waals surface area contributed by atoms with Crippen molar-refractivity contribution in [2.75, 3.05) is 23.7 Å². The summed E-state index contributed by atoms with van der Waals surface area (Å²) in [4.78, 5) is 28.9. The van der Waals surface area contributed by atoms with E-state index in [0.29, 0.717) is 25.1 Å². The highest BCUT2D eigenvalue weighted by Gasteiger charge is 2.30. The highest BCUT2D eigenvalue weighted by Crippen LogP contribution is 2.25. The van der Waals surface area contributed by atoms with Crippen LogP contribution in [0.25, 0.3) is 0 Å². The minimum atomic E-state index is -3.56. The molecule has 2 amide bonds. The molecule has 8 heteroatoms. The fraction of sp³-hybridized carbons (Fsp3) is 0.375. The number of benzene rings is 3. The van der Waals surface area contributed by atoms with Gasteiger partial charge in [-0.3, -0.25) is 13.9 Å². The van der Waals surface area contributed by atoms with E-state index in [9.17, 15) is 18.0 Å². The third-order valence-electron chi connectivity index (χ3n) is 7.01. The number of carbonyl (C=O) groups is 2. The van der Waals surface area contributed by atoms with Gasteiger partial charge in [-0.1, -0.05) is 66.7 Å². The molecular weight excluding hydrogens is 522 g/mol. The number of amides is 2. The third-order valence-corrected chi connectivity index (χ3v) is 8.19. The average Bonchev–Trinajstić information content (AvgIpc) is 2.91. The Balaban J connectivity index is 1.89. The largest absolute Gasteiger partial charge is 0.355 e. The maximum absolute atomic E-state index is 13.9. The normalized spacial score (nSPS) is 12.0. The Labute approximate surface area is 239 Å². The minimum Gasteiger partial charge on any atom is -0.355 e. The number of nitrogens with one attached hydrogen (secondary N) is 1. The molecule has 0 spiro atoms. The van der Waals surface area contributed by atoms with Crippen LogP contribution in [0.2, 0.25) is 0 Å². The van der Waals surface area contributed by atoms with Gasteiger partial charge in [-0.2, -0.15) is 0 Å². The number of sulfonamides is 1. The van der Waals surface area contributed by atoms with E-state index >= 15 is 0 Å². The Bertz CT molecular complexity index is 1410. The van der Waals surface area contributed by atoms with Crippen LogP contribution in [0.3, 0.4) is 0 Å². The van der Waals surface area contributed by atoms with Crippen LogP contribution in [0.15, 0.2) is 72.8 Å². The first-order chi connectivity index (χ1) is 19.0. The predicted molar refractivity (Wildman–Crippen MR) is 162 cm³/mol. The lowest BCUT2D eigenvalue weighted by atomic mass is 10.0. The van der Waals surface area contributed by atoms with Crippen molar-refractivity contribution in [1.29, 1.82) is 0 Å². The number of nitrogens with zero attached hydrogens (tertiary/aromatic N) is 2. The third kappa shape index (κ3) is 8.42. The highest BCUT2D eigenvalue weighted by molar-refractivity contribution is 7.92. The minimum absolute atomic E-state index is 0.105. The number of hydrogen-bond acceptors (Lipinski definition) is 4. The lowest BCUT2D eigenvalue weighted by molar-refractivity contribution is -0.141. The van der Waals surface area contributed by atoms with Gasteiger partial charge in [0.05, 0.1) is 11.9 Å². The summed E-state index contributed by atoms with van der Waals surface area (Å²) < 4.78 is 26.8. The molecule has 0 heterocycles. The molecule has 7 nitrogen and oxygen atoms in total. The van der Waals surface area contributed by atoms with Crippen LogP contribution in [0.4, 0.5) is 5.69 Å². The summed E-state index contributed by atoms with van der Waals surface area (Å²) in [6.07, 6.45) is 1.98. The Morgan fingerprint density at radius 2 is 1.57 bits per heavy atom. The molecule has 0 fully saturated rings. The summed E-state index contributed by atoms with van der Waals surface area (Å²) >= 11 is 0. The molecule has 214 valence electrons. The molecule has 0 aliphatic rings. The zero-order chi connectivity index (χ0) is 29.3. The Morgan fingerprint density at radius 3 is 2.23 bits per heavy atom. The molecule has 3 rings (SSSR count). The van der Waals surface area contributed by atoms with Gasteiger partial charge in [-0.05, 0) is 68.0 Å². The zero-order valence-corrected chi connectivity index (χ0v) is 25.0. The van der Waals surface area contributed by atoms with Crippen LogP contribution in [0, 0.1) is 20.8 Å². The Kier molecular flexibility index (Phi) is 10.9. The van der Waals surface area contributed by atoms with E-state index in [0.717, 1.165) is 27.8 Å². The predicted octanol–water partition coefficient (Wildman–Crippen LogP) is 4.93. The van der Waals surface area contributed by atoms with Gasteiger partial charge in [0.2, 0.25) is 21.8 Å². The second-order valence-electron chi connectivity index (χ2n) is 10.3. The van der Waals surface area contributed by atoms with E-state index < -0.39 is 16.1 Å². The maximum atomic E-state index is 13.9. The second kappa shape index (κ2) is 14.1. The molecule has 3 aromatic carbocycles. The van der Waals surface area contributed by atoms with Crippen LogP contribution in [-0.2, 0) is 32.6 Å². The van der Waals surface area contributed by atoms with Crippen molar-refractivity contribution < 1.29 is 18.0 Å². The summed E-state index contributed by atoms with van der Waals surface area (Å²) in [5, 5.41) is 2.91. The van der Waals surface area contributed by atoms with Crippen molar-refractivity contribution in [3.8, 4) is 0 Å². The first kappa shape index (κ1) is 30.9. The monoisotopic (exact) mass is 563 g/mol. The van der Waals surface area contributed by atoms with E-state index in [1.54, 1.807) is 4.90 Å². The van der Waals surface area contributed by atoms with Gasteiger partial charge < -0.3 is 10.2 Å².